The van der Waals surface area contributed by atoms with Crippen molar-refractivity contribution < 1.29 is 9.59 Å². The molecule has 1 aromatic heterocycles. The number of hydrogen-bond donors (Lipinski definition) is 1. The molecule has 3 rings (SSSR count). The fraction of sp³-hybridized carbons (Fsp3) is 0.200. The van der Waals surface area contributed by atoms with E-state index in [1.165, 1.54) is 11.3 Å². The number of fused-ring (bicyclic) bond motifs is 1. The van der Waals surface area contributed by atoms with E-state index in [2.05, 4.69) is 5.32 Å². The molecular formula is C20H19ClN2O2S. The van der Waals surface area contributed by atoms with Crippen molar-refractivity contribution in [1.29, 1.82) is 0 Å². The molecule has 1 N–H and O–H groups in total. The molecule has 0 saturated heterocycles. The summed E-state index contributed by atoms with van der Waals surface area (Å²) in [5, 5.41) is 4.19. The minimum atomic E-state index is -0.251. The first-order valence-electron chi connectivity index (χ1n) is 8.42. The molecule has 0 bridgehead atoms. The standard InChI is InChI=1S/C20H19ClN2O2S/c1-3-23(4-2)20(25)13-9-11-14(12-10-13)22-19(24)18-17(21)15-7-5-6-8-16(15)26-18/h5-12H,3-4H2,1-2H3,(H,22,24). The number of amides is 2. The van der Waals surface area contributed by atoms with Crippen LogP contribution >= 0.6 is 22.9 Å². The molecule has 0 aliphatic heterocycles. The summed E-state index contributed by atoms with van der Waals surface area (Å²) in [6, 6.07) is 14.6. The molecule has 4 nitrogen and oxygen atoms in total. The molecule has 0 radical (unpaired) electrons. The van der Waals surface area contributed by atoms with Gasteiger partial charge in [0.05, 0.1) is 5.02 Å². The van der Waals surface area contributed by atoms with Crippen LogP contribution in [-0.2, 0) is 0 Å². The summed E-state index contributed by atoms with van der Waals surface area (Å²) in [7, 11) is 0. The Labute approximate surface area is 161 Å². The van der Waals surface area contributed by atoms with Crippen LogP contribution in [0.25, 0.3) is 10.1 Å². The molecular weight excluding hydrogens is 368 g/mol. The van der Waals surface area contributed by atoms with Crippen molar-refractivity contribution in [3.8, 4) is 0 Å². The molecule has 0 unspecified atom stereocenters. The molecule has 6 heteroatoms. The predicted molar refractivity (Wildman–Crippen MR) is 108 cm³/mol. The molecule has 0 aliphatic carbocycles. The Balaban J connectivity index is 1.77. The molecule has 0 aliphatic rings. The maximum Gasteiger partial charge on any atom is 0.267 e. The van der Waals surface area contributed by atoms with Crippen LogP contribution in [0.5, 0.6) is 0 Å². The average Bonchev–Trinajstić information content (AvgIpc) is 3.00. The van der Waals surface area contributed by atoms with Gasteiger partial charge in [-0.15, -0.1) is 11.3 Å². The van der Waals surface area contributed by atoms with Gasteiger partial charge in [-0.2, -0.15) is 0 Å². The first-order chi connectivity index (χ1) is 12.5. The molecule has 0 saturated carbocycles. The van der Waals surface area contributed by atoms with E-state index in [4.69, 9.17) is 11.6 Å². The monoisotopic (exact) mass is 386 g/mol. The Bertz CT molecular complexity index is 946. The van der Waals surface area contributed by atoms with E-state index >= 15 is 0 Å². The topological polar surface area (TPSA) is 49.4 Å². The number of anilines is 1. The van der Waals surface area contributed by atoms with Gasteiger partial charge in [0.25, 0.3) is 11.8 Å². The number of nitrogens with zero attached hydrogens (tertiary/aromatic N) is 1. The molecule has 134 valence electrons. The van der Waals surface area contributed by atoms with E-state index in [9.17, 15) is 9.59 Å². The minimum Gasteiger partial charge on any atom is -0.339 e. The number of carbonyl (C=O) groups excluding carboxylic acids is 2. The highest BCUT2D eigenvalue weighted by Crippen LogP contribution is 2.35. The molecule has 0 fully saturated rings. The summed E-state index contributed by atoms with van der Waals surface area (Å²) < 4.78 is 0.975. The normalized spacial score (nSPS) is 10.7. The van der Waals surface area contributed by atoms with Crippen LogP contribution in [0.2, 0.25) is 5.02 Å². The predicted octanol–water partition coefficient (Wildman–Crippen LogP) is 5.29. The summed E-state index contributed by atoms with van der Waals surface area (Å²) in [6.07, 6.45) is 0. The maximum atomic E-state index is 12.6. The van der Waals surface area contributed by atoms with Crippen LogP contribution in [0.3, 0.4) is 0 Å². The number of rotatable bonds is 5. The van der Waals surface area contributed by atoms with E-state index in [-0.39, 0.29) is 11.8 Å². The summed E-state index contributed by atoms with van der Waals surface area (Å²) in [5.41, 5.74) is 1.23. The van der Waals surface area contributed by atoms with Crippen LogP contribution in [0, 0.1) is 0 Å². The molecule has 1 heterocycles. The third-order valence-electron chi connectivity index (χ3n) is 4.18. The van der Waals surface area contributed by atoms with Crippen molar-refractivity contribution in [2.45, 2.75) is 13.8 Å². The second-order valence-corrected chi connectivity index (χ2v) is 7.18. The third-order valence-corrected chi connectivity index (χ3v) is 5.86. The van der Waals surface area contributed by atoms with Crippen molar-refractivity contribution in [1.82, 2.24) is 4.90 Å². The zero-order chi connectivity index (χ0) is 18.7. The summed E-state index contributed by atoms with van der Waals surface area (Å²) in [6.45, 7) is 5.23. The lowest BCUT2D eigenvalue weighted by Crippen LogP contribution is -2.30. The average molecular weight is 387 g/mol. The van der Waals surface area contributed by atoms with Crippen molar-refractivity contribution in [3.05, 3.63) is 64.0 Å². The fourth-order valence-electron chi connectivity index (χ4n) is 2.74. The Kier molecular flexibility index (Phi) is 5.59. The molecule has 3 aromatic rings. The Morgan fingerprint density at radius 1 is 1.04 bits per heavy atom. The molecule has 0 spiro atoms. The van der Waals surface area contributed by atoms with Crippen molar-refractivity contribution in [3.63, 3.8) is 0 Å². The second kappa shape index (κ2) is 7.89. The fourth-order valence-corrected chi connectivity index (χ4v) is 4.15. The smallest absolute Gasteiger partial charge is 0.267 e. The molecule has 26 heavy (non-hydrogen) atoms. The van der Waals surface area contributed by atoms with Gasteiger partial charge in [-0.05, 0) is 44.2 Å². The van der Waals surface area contributed by atoms with Crippen LogP contribution in [-0.4, -0.2) is 29.8 Å². The van der Waals surface area contributed by atoms with E-state index < -0.39 is 0 Å². The lowest BCUT2D eigenvalue weighted by atomic mass is 10.1. The van der Waals surface area contributed by atoms with Gasteiger partial charge in [-0.25, -0.2) is 0 Å². The summed E-state index contributed by atoms with van der Waals surface area (Å²) in [4.78, 5) is 27.1. The van der Waals surface area contributed by atoms with Gasteiger partial charge in [-0.1, -0.05) is 29.8 Å². The van der Waals surface area contributed by atoms with E-state index in [1.807, 2.05) is 38.1 Å². The number of hydrogen-bond acceptors (Lipinski definition) is 3. The van der Waals surface area contributed by atoms with Crippen LogP contribution in [0.4, 0.5) is 5.69 Å². The highest BCUT2D eigenvalue weighted by molar-refractivity contribution is 7.21. The lowest BCUT2D eigenvalue weighted by Gasteiger charge is -2.18. The first-order valence-corrected chi connectivity index (χ1v) is 9.62. The SMILES string of the molecule is CCN(CC)C(=O)c1ccc(NC(=O)c2sc3ccccc3c2Cl)cc1. The van der Waals surface area contributed by atoms with Crippen molar-refractivity contribution in [2.75, 3.05) is 18.4 Å². The number of carbonyl (C=O) groups is 2. The van der Waals surface area contributed by atoms with E-state index in [1.54, 1.807) is 29.2 Å². The third kappa shape index (κ3) is 3.59. The number of halogens is 1. The largest absolute Gasteiger partial charge is 0.339 e. The minimum absolute atomic E-state index is 0.0135. The molecule has 2 aromatic carbocycles. The van der Waals surface area contributed by atoms with Crippen molar-refractivity contribution >= 4 is 50.5 Å². The van der Waals surface area contributed by atoms with Crippen LogP contribution in [0.1, 0.15) is 33.9 Å². The summed E-state index contributed by atoms with van der Waals surface area (Å²) >= 11 is 7.72. The highest BCUT2D eigenvalue weighted by atomic mass is 35.5. The van der Waals surface area contributed by atoms with Gasteiger partial charge in [0, 0.05) is 34.4 Å². The van der Waals surface area contributed by atoms with Gasteiger partial charge in [0.15, 0.2) is 0 Å². The first kappa shape index (κ1) is 18.4. The maximum absolute atomic E-state index is 12.6. The van der Waals surface area contributed by atoms with Crippen molar-refractivity contribution in [2.24, 2.45) is 0 Å². The van der Waals surface area contributed by atoms with Gasteiger partial charge in [-0.3, -0.25) is 9.59 Å². The van der Waals surface area contributed by atoms with E-state index in [0.717, 1.165) is 10.1 Å². The van der Waals surface area contributed by atoms with Crippen LogP contribution < -0.4 is 5.32 Å². The Hall–Kier alpha value is -2.37. The van der Waals surface area contributed by atoms with E-state index in [0.29, 0.717) is 34.2 Å². The zero-order valence-electron chi connectivity index (χ0n) is 14.6. The molecule has 0 atom stereocenters. The highest BCUT2D eigenvalue weighted by Gasteiger charge is 2.17. The second-order valence-electron chi connectivity index (χ2n) is 5.75. The van der Waals surface area contributed by atoms with Gasteiger partial charge >= 0.3 is 0 Å². The number of nitrogens with one attached hydrogen (secondary N) is 1. The Morgan fingerprint density at radius 2 is 1.69 bits per heavy atom. The van der Waals surface area contributed by atoms with Gasteiger partial charge in [0.1, 0.15) is 4.88 Å². The van der Waals surface area contributed by atoms with Gasteiger partial charge < -0.3 is 10.2 Å². The number of benzene rings is 2. The Morgan fingerprint density at radius 3 is 2.31 bits per heavy atom. The lowest BCUT2D eigenvalue weighted by molar-refractivity contribution is 0.0773. The quantitative estimate of drug-likeness (QED) is 0.647. The zero-order valence-corrected chi connectivity index (χ0v) is 16.2. The van der Waals surface area contributed by atoms with Gasteiger partial charge in [0.2, 0.25) is 0 Å². The molecule has 2 amide bonds. The van der Waals surface area contributed by atoms with Crippen LogP contribution in [0.15, 0.2) is 48.5 Å². The number of thiophene rings is 1. The summed E-state index contributed by atoms with van der Waals surface area (Å²) in [5.74, 6) is -0.264.